The van der Waals surface area contributed by atoms with Gasteiger partial charge < -0.3 is 11.1 Å². The summed E-state index contributed by atoms with van der Waals surface area (Å²) in [6.07, 6.45) is 3.00. The van der Waals surface area contributed by atoms with Crippen LogP contribution in [0.15, 0.2) is 24.5 Å². The summed E-state index contributed by atoms with van der Waals surface area (Å²) >= 11 is 17.7. The number of benzene rings is 1. The van der Waals surface area contributed by atoms with Gasteiger partial charge in [-0.15, -0.1) is 0 Å². The molecule has 0 spiro atoms. The number of carbonyl (C=O) groups is 1. The minimum Gasteiger partial charge on any atom is -0.396 e. The van der Waals surface area contributed by atoms with E-state index >= 15 is 0 Å². The lowest BCUT2D eigenvalue weighted by Gasteiger charge is -2.09. The maximum absolute atomic E-state index is 11.8. The van der Waals surface area contributed by atoms with E-state index in [2.05, 4.69) is 10.4 Å². The van der Waals surface area contributed by atoms with Crippen molar-refractivity contribution in [2.45, 2.75) is 6.54 Å². The number of hydrogen-bond acceptors (Lipinski definition) is 3. The van der Waals surface area contributed by atoms with Crippen LogP contribution < -0.4 is 11.1 Å². The van der Waals surface area contributed by atoms with Crippen LogP contribution in [0.25, 0.3) is 0 Å². The van der Waals surface area contributed by atoms with Crippen molar-refractivity contribution in [3.8, 4) is 0 Å². The first-order valence-electron chi connectivity index (χ1n) is 5.18. The van der Waals surface area contributed by atoms with Gasteiger partial charge in [-0.2, -0.15) is 5.10 Å². The zero-order chi connectivity index (χ0) is 14.0. The molecule has 0 saturated heterocycles. The number of amides is 1. The van der Waals surface area contributed by atoms with E-state index in [1.807, 2.05) is 0 Å². The molecule has 1 aromatic carbocycles. The average molecular weight is 320 g/mol. The van der Waals surface area contributed by atoms with Crippen LogP contribution in [0.5, 0.6) is 0 Å². The van der Waals surface area contributed by atoms with Crippen molar-refractivity contribution >= 4 is 52.1 Å². The first-order valence-corrected chi connectivity index (χ1v) is 6.31. The maximum atomic E-state index is 11.8. The molecule has 1 aromatic heterocycles. The lowest BCUT2D eigenvalue weighted by Crippen LogP contribution is -2.19. The Kier molecular flexibility index (Phi) is 4.19. The summed E-state index contributed by atoms with van der Waals surface area (Å²) in [5.41, 5.74) is 6.30. The first-order chi connectivity index (χ1) is 8.95. The maximum Gasteiger partial charge on any atom is 0.246 e. The molecule has 100 valence electrons. The predicted molar refractivity (Wildman–Crippen MR) is 76.7 cm³/mol. The van der Waals surface area contributed by atoms with Crippen LogP contribution >= 0.6 is 34.8 Å². The number of halogens is 3. The topological polar surface area (TPSA) is 72.9 Å². The molecule has 19 heavy (non-hydrogen) atoms. The second-order valence-corrected chi connectivity index (χ2v) is 5.01. The van der Waals surface area contributed by atoms with Crippen LogP contribution in [0.3, 0.4) is 0 Å². The summed E-state index contributed by atoms with van der Waals surface area (Å²) in [4.78, 5) is 11.8. The molecule has 0 bridgehead atoms. The number of hydrogen-bond donors (Lipinski definition) is 2. The summed E-state index contributed by atoms with van der Waals surface area (Å²) < 4.78 is 1.41. The highest BCUT2D eigenvalue weighted by Crippen LogP contribution is 2.33. The molecule has 0 fully saturated rings. The number of rotatable bonds is 3. The number of aromatic nitrogens is 2. The van der Waals surface area contributed by atoms with Crippen molar-refractivity contribution in [3.63, 3.8) is 0 Å². The third kappa shape index (κ3) is 3.53. The SMILES string of the molecule is Nc1cnn(CC(=O)Nc2c(Cl)cc(Cl)cc2Cl)c1. The van der Waals surface area contributed by atoms with Crippen LogP contribution in [-0.2, 0) is 11.3 Å². The lowest BCUT2D eigenvalue weighted by atomic mass is 10.3. The van der Waals surface area contributed by atoms with Crippen molar-refractivity contribution in [1.29, 1.82) is 0 Å². The molecule has 0 radical (unpaired) electrons. The zero-order valence-corrected chi connectivity index (χ0v) is 11.8. The second-order valence-electron chi connectivity index (χ2n) is 3.76. The van der Waals surface area contributed by atoms with Gasteiger partial charge in [-0.1, -0.05) is 34.8 Å². The van der Waals surface area contributed by atoms with Crippen LogP contribution in [0.4, 0.5) is 11.4 Å². The molecule has 3 N–H and O–H groups in total. The van der Waals surface area contributed by atoms with Gasteiger partial charge in [-0.25, -0.2) is 0 Å². The molecular weight excluding hydrogens is 311 g/mol. The van der Waals surface area contributed by atoms with Gasteiger partial charge in [0, 0.05) is 11.2 Å². The largest absolute Gasteiger partial charge is 0.396 e. The molecule has 8 heteroatoms. The summed E-state index contributed by atoms with van der Waals surface area (Å²) in [6, 6.07) is 2.99. The van der Waals surface area contributed by atoms with Gasteiger partial charge in [0.15, 0.2) is 0 Å². The Balaban J connectivity index is 2.11. The Hall–Kier alpha value is -1.43. The normalized spacial score (nSPS) is 10.5. The van der Waals surface area contributed by atoms with E-state index in [-0.39, 0.29) is 22.5 Å². The summed E-state index contributed by atoms with van der Waals surface area (Å²) in [7, 11) is 0. The average Bonchev–Trinajstić information content (AvgIpc) is 2.69. The number of nitrogens with two attached hydrogens (primary N) is 1. The highest BCUT2D eigenvalue weighted by Gasteiger charge is 2.12. The summed E-state index contributed by atoms with van der Waals surface area (Å²) in [5, 5.41) is 7.44. The van der Waals surface area contributed by atoms with E-state index in [0.29, 0.717) is 16.4 Å². The van der Waals surface area contributed by atoms with E-state index in [4.69, 9.17) is 40.5 Å². The van der Waals surface area contributed by atoms with Gasteiger partial charge in [0.2, 0.25) is 5.91 Å². The van der Waals surface area contributed by atoms with Crippen molar-refractivity contribution < 1.29 is 4.79 Å². The highest BCUT2D eigenvalue weighted by atomic mass is 35.5. The zero-order valence-electron chi connectivity index (χ0n) is 9.53. The third-order valence-corrected chi connectivity index (χ3v) is 3.04. The van der Waals surface area contributed by atoms with Gasteiger partial charge in [-0.3, -0.25) is 9.48 Å². The number of anilines is 2. The monoisotopic (exact) mass is 318 g/mol. The minimum absolute atomic E-state index is 0.00643. The Bertz CT molecular complexity index is 603. The minimum atomic E-state index is -0.325. The van der Waals surface area contributed by atoms with Gasteiger partial charge in [0.05, 0.1) is 27.6 Å². The highest BCUT2D eigenvalue weighted by molar-refractivity contribution is 6.42. The fourth-order valence-corrected chi connectivity index (χ4v) is 2.37. The molecule has 0 saturated carbocycles. The lowest BCUT2D eigenvalue weighted by molar-refractivity contribution is -0.116. The van der Waals surface area contributed by atoms with Gasteiger partial charge >= 0.3 is 0 Å². The first kappa shape index (κ1) is 14.0. The van der Waals surface area contributed by atoms with Crippen molar-refractivity contribution in [2.24, 2.45) is 0 Å². The van der Waals surface area contributed by atoms with E-state index < -0.39 is 0 Å². The molecule has 2 rings (SSSR count). The van der Waals surface area contributed by atoms with E-state index in [1.54, 1.807) is 6.20 Å². The second kappa shape index (κ2) is 5.69. The fraction of sp³-hybridized carbons (Fsp3) is 0.0909. The van der Waals surface area contributed by atoms with Crippen molar-refractivity contribution in [3.05, 3.63) is 39.6 Å². The summed E-state index contributed by atoms with van der Waals surface area (Å²) in [6.45, 7) is 0.00643. The summed E-state index contributed by atoms with van der Waals surface area (Å²) in [5.74, 6) is -0.325. The Morgan fingerprint density at radius 2 is 1.95 bits per heavy atom. The molecule has 0 atom stereocenters. The van der Waals surface area contributed by atoms with Crippen LogP contribution in [0, 0.1) is 0 Å². The van der Waals surface area contributed by atoms with Gasteiger partial charge in [-0.05, 0) is 12.1 Å². The van der Waals surface area contributed by atoms with Crippen LogP contribution in [-0.4, -0.2) is 15.7 Å². The molecule has 5 nitrogen and oxygen atoms in total. The smallest absolute Gasteiger partial charge is 0.246 e. The molecule has 1 heterocycles. The quantitative estimate of drug-likeness (QED) is 0.913. The molecule has 1 amide bonds. The van der Waals surface area contributed by atoms with E-state index in [9.17, 15) is 4.79 Å². The Morgan fingerprint density at radius 1 is 1.32 bits per heavy atom. The molecule has 2 aromatic rings. The molecule has 0 aliphatic carbocycles. The molecule has 0 aliphatic heterocycles. The number of carbonyl (C=O) groups excluding carboxylic acids is 1. The number of nitrogens with zero attached hydrogens (tertiary/aromatic N) is 2. The van der Waals surface area contributed by atoms with Crippen LogP contribution in [0.1, 0.15) is 0 Å². The van der Waals surface area contributed by atoms with Crippen molar-refractivity contribution in [2.75, 3.05) is 11.1 Å². The van der Waals surface area contributed by atoms with E-state index in [1.165, 1.54) is 23.0 Å². The molecular formula is C11H9Cl3N4O. The fourth-order valence-electron chi connectivity index (χ4n) is 1.45. The Labute approximate surface area is 124 Å². The number of nitrogen functional groups attached to an aromatic ring is 1. The predicted octanol–water partition coefficient (Wildman–Crippen LogP) is 3.06. The van der Waals surface area contributed by atoms with Gasteiger partial charge in [0.1, 0.15) is 6.54 Å². The number of nitrogens with one attached hydrogen (secondary N) is 1. The van der Waals surface area contributed by atoms with Gasteiger partial charge in [0.25, 0.3) is 0 Å². The van der Waals surface area contributed by atoms with Crippen LogP contribution in [0.2, 0.25) is 15.1 Å². The Morgan fingerprint density at radius 3 is 2.47 bits per heavy atom. The van der Waals surface area contributed by atoms with Crippen molar-refractivity contribution in [1.82, 2.24) is 9.78 Å². The molecule has 0 unspecified atom stereocenters. The van der Waals surface area contributed by atoms with E-state index in [0.717, 1.165) is 0 Å². The standard InChI is InChI=1S/C11H9Cl3N4O/c12-6-1-8(13)11(9(14)2-6)17-10(19)5-18-4-7(15)3-16-18/h1-4H,5,15H2,(H,17,19). The third-order valence-electron chi connectivity index (χ3n) is 2.23. The molecule has 0 aliphatic rings.